The number of nitrogens with zero attached hydrogens (tertiary/aromatic N) is 1. The Morgan fingerprint density at radius 1 is 1.50 bits per heavy atom. The summed E-state index contributed by atoms with van der Waals surface area (Å²) in [4.78, 5) is 15.4. The molecule has 7 heteroatoms. The maximum Gasteiger partial charge on any atom is 0.337 e. The van der Waals surface area contributed by atoms with Crippen LogP contribution in [0.4, 0.5) is 10.8 Å². The summed E-state index contributed by atoms with van der Waals surface area (Å²) in [7, 11) is 0. The van der Waals surface area contributed by atoms with Crippen molar-refractivity contribution in [3.8, 4) is 0 Å². The van der Waals surface area contributed by atoms with Gasteiger partial charge in [0.05, 0.1) is 16.3 Å². The fourth-order valence-electron chi connectivity index (χ4n) is 1.59. The second-order valence-electron chi connectivity index (χ2n) is 4.05. The molecular formula is C13H14ClN3O2S. The Kier molecular flexibility index (Phi) is 4.94. The zero-order chi connectivity index (χ0) is 14.5. The number of rotatable bonds is 6. The van der Waals surface area contributed by atoms with E-state index in [2.05, 4.69) is 15.6 Å². The van der Waals surface area contributed by atoms with Crippen LogP contribution in [0.1, 0.15) is 23.0 Å². The summed E-state index contributed by atoms with van der Waals surface area (Å²) in [5.41, 5.74) is 1.67. The highest BCUT2D eigenvalue weighted by Crippen LogP contribution is 2.25. The molecule has 0 radical (unpaired) electrons. The Labute approximate surface area is 125 Å². The molecule has 0 aliphatic carbocycles. The first-order chi connectivity index (χ1) is 9.60. The van der Waals surface area contributed by atoms with E-state index in [4.69, 9.17) is 16.7 Å². The van der Waals surface area contributed by atoms with Gasteiger partial charge in [0.2, 0.25) is 0 Å². The van der Waals surface area contributed by atoms with Crippen molar-refractivity contribution in [2.75, 3.05) is 11.9 Å². The molecule has 5 nitrogen and oxygen atoms in total. The molecule has 0 aliphatic heterocycles. The molecule has 1 aromatic heterocycles. The minimum absolute atomic E-state index is 0.0705. The highest BCUT2D eigenvalue weighted by atomic mass is 35.5. The third-order valence-electron chi connectivity index (χ3n) is 2.56. The maximum atomic E-state index is 11.0. The Hall–Kier alpha value is -1.63. The number of halogens is 1. The number of benzene rings is 1. The van der Waals surface area contributed by atoms with Crippen LogP contribution in [0.5, 0.6) is 0 Å². The number of anilines is 2. The molecule has 0 saturated heterocycles. The summed E-state index contributed by atoms with van der Waals surface area (Å²) in [6.45, 7) is 3.64. The second kappa shape index (κ2) is 6.69. The third-order valence-corrected chi connectivity index (χ3v) is 3.69. The molecule has 3 N–H and O–H groups in total. The molecule has 20 heavy (non-hydrogen) atoms. The van der Waals surface area contributed by atoms with Crippen LogP contribution in [0.3, 0.4) is 0 Å². The van der Waals surface area contributed by atoms with Crippen LogP contribution < -0.4 is 10.6 Å². The van der Waals surface area contributed by atoms with Gasteiger partial charge in [-0.05, 0) is 24.7 Å². The van der Waals surface area contributed by atoms with Crippen LogP contribution >= 0.6 is 22.9 Å². The summed E-state index contributed by atoms with van der Waals surface area (Å²) >= 11 is 7.30. The fourth-order valence-corrected chi connectivity index (χ4v) is 2.52. The molecule has 0 amide bonds. The van der Waals surface area contributed by atoms with Crippen molar-refractivity contribution in [1.82, 2.24) is 10.3 Å². The number of aromatic carboxylic acids is 1. The van der Waals surface area contributed by atoms with Crippen molar-refractivity contribution in [3.63, 3.8) is 0 Å². The van der Waals surface area contributed by atoms with E-state index in [1.165, 1.54) is 17.4 Å². The lowest BCUT2D eigenvalue weighted by molar-refractivity contribution is 0.0697. The van der Waals surface area contributed by atoms with E-state index in [9.17, 15) is 4.79 Å². The van der Waals surface area contributed by atoms with Gasteiger partial charge in [-0.2, -0.15) is 0 Å². The summed E-state index contributed by atoms with van der Waals surface area (Å²) in [5, 5.41) is 18.2. The van der Waals surface area contributed by atoms with Gasteiger partial charge in [-0.25, -0.2) is 9.78 Å². The quantitative estimate of drug-likeness (QED) is 0.763. The van der Waals surface area contributed by atoms with Crippen LogP contribution in [-0.4, -0.2) is 22.6 Å². The SMILES string of the molecule is CCNCc1csc(Nc2ccc(Cl)c(C(=O)O)c2)n1. The number of hydrogen-bond acceptors (Lipinski definition) is 5. The van der Waals surface area contributed by atoms with E-state index in [0.717, 1.165) is 23.9 Å². The van der Waals surface area contributed by atoms with Gasteiger partial charge in [0.1, 0.15) is 0 Å². The number of aromatic nitrogens is 1. The Bertz CT molecular complexity index is 615. The number of thiazole rings is 1. The van der Waals surface area contributed by atoms with Gasteiger partial charge >= 0.3 is 5.97 Å². The topological polar surface area (TPSA) is 74.2 Å². The maximum absolute atomic E-state index is 11.0. The smallest absolute Gasteiger partial charge is 0.337 e. The normalized spacial score (nSPS) is 10.5. The number of hydrogen-bond donors (Lipinski definition) is 3. The standard InChI is InChI=1S/C13H14ClN3O2S/c1-2-15-6-9-7-20-13(17-9)16-8-3-4-11(14)10(5-8)12(18)19/h3-5,7,15H,2,6H2,1H3,(H,16,17)(H,18,19). The van der Waals surface area contributed by atoms with Crippen LogP contribution in [0, 0.1) is 0 Å². The lowest BCUT2D eigenvalue weighted by Crippen LogP contribution is -2.11. The van der Waals surface area contributed by atoms with E-state index in [0.29, 0.717) is 5.69 Å². The number of carboxylic acids is 1. The number of carbonyl (C=O) groups is 1. The van der Waals surface area contributed by atoms with Crippen molar-refractivity contribution in [2.45, 2.75) is 13.5 Å². The monoisotopic (exact) mass is 311 g/mol. The number of nitrogens with one attached hydrogen (secondary N) is 2. The van der Waals surface area contributed by atoms with Crippen LogP contribution in [0.15, 0.2) is 23.6 Å². The zero-order valence-corrected chi connectivity index (χ0v) is 12.4. The predicted octanol–water partition coefficient (Wildman–Crippen LogP) is 3.35. The van der Waals surface area contributed by atoms with E-state index < -0.39 is 5.97 Å². The van der Waals surface area contributed by atoms with Gasteiger partial charge in [0, 0.05) is 17.6 Å². The fraction of sp³-hybridized carbons (Fsp3) is 0.231. The highest BCUT2D eigenvalue weighted by Gasteiger charge is 2.10. The van der Waals surface area contributed by atoms with E-state index >= 15 is 0 Å². The second-order valence-corrected chi connectivity index (χ2v) is 5.31. The molecule has 1 heterocycles. The average Bonchev–Trinajstić information content (AvgIpc) is 2.86. The zero-order valence-electron chi connectivity index (χ0n) is 10.8. The minimum Gasteiger partial charge on any atom is -0.478 e. The largest absolute Gasteiger partial charge is 0.478 e. The van der Waals surface area contributed by atoms with E-state index in [1.54, 1.807) is 12.1 Å². The van der Waals surface area contributed by atoms with Crippen LogP contribution in [0.2, 0.25) is 5.02 Å². The summed E-state index contributed by atoms with van der Waals surface area (Å²) in [6.07, 6.45) is 0. The van der Waals surface area contributed by atoms with Crippen molar-refractivity contribution >= 4 is 39.7 Å². The average molecular weight is 312 g/mol. The van der Waals surface area contributed by atoms with Crippen molar-refractivity contribution in [3.05, 3.63) is 39.9 Å². The molecule has 0 saturated carbocycles. The molecule has 2 rings (SSSR count). The molecule has 0 spiro atoms. The van der Waals surface area contributed by atoms with Gasteiger partial charge in [-0.15, -0.1) is 11.3 Å². The lowest BCUT2D eigenvalue weighted by atomic mass is 10.2. The molecule has 0 unspecified atom stereocenters. The first-order valence-electron chi connectivity index (χ1n) is 6.05. The lowest BCUT2D eigenvalue weighted by Gasteiger charge is -2.05. The highest BCUT2D eigenvalue weighted by molar-refractivity contribution is 7.13. The van der Waals surface area contributed by atoms with Crippen molar-refractivity contribution in [1.29, 1.82) is 0 Å². The van der Waals surface area contributed by atoms with Crippen molar-refractivity contribution in [2.24, 2.45) is 0 Å². The Balaban J connectivity index is 2.11. The molecule has 106 valence electrons. The molecule has 0 aliphatic rings. The molecule has 2 aromatic rings. The molecule has 1 aromatic carbocycles. The van der Waals surface area contributed by atoms with E-state index in [1.807, 2.05) is 12.3 Å². The predicted molar refractivity (Wildman–Crippen MR) is 81.2 cm³/mol. The first-order valence-corrected chi connectivity index (χ1v) is 7.31. The molecule has 0 atom stereocenters. The van der Waals surface area contributed by atoms with Gasteiger partial charge in [0.25, 0.3) is 0 Å². The Morgan fingerprint density at radius 2 is 2.30 bits per heavy atom. The van der Waals surface area contributed by atoms with Gasteiger partial charge < -0.3 is 15.7 Å². The van der Waals surface area contributed by atoms with Gasteiger partial charge in [-0.1, -0.05) is 18.5 Å². The van der Waals surface area contributed by atoms with Crippen LogP contribution in [-0.2, 0) is 6.54 Å². The van der Waals surface area contributed by atoms with Gasteiger partial charge in [0.15, 0.2) is 5.13 Å². The van der Waals surface area contributed by atoms with Gasteiger partial charge in [-0.3, -0.25) is 0 Å². The number of carboxylic acid groups (broad SMARTS) is 1. The molecule has 0 bridgehead atoms. The van der Waals surface area contributed by atoms with Crippen LogP contribution in [0.25, 0.3) is 0 Å². The summed E-state index contributed by atoms with van der Waals surface area (Å²) in [6, 6.07) is 4.77. The Morgan fingerprint density at radius 3 is 3.00 bits per heavy atom. The van der Waals surface area contributed by atoms with E-state index in [-0.39, 0.29) is 10.6 Å². The summed E-state index contributed by atoms with van der Waals surface area (Å²) in [5.74, 6) is -1.05. The molecule has 0 fully saturated rings. The third kappa shape index (κ3) is 3.69. The minimum atomic E-state index is -1.05. The summed E-state index contributed by atoms with van der Waals surface area (Å²) < 4.78 is 0. The van der Waals surface area contributed by atoms with Crippen molar-refractivity contribution < 1.29 is 9.90 Å². The first kappa shape index (κ1) is 14.8. The molecular weight excluding hydrogens is 298 g/mol.